The molecule has 1 fully saturated rings. The van der Waals surface area contributed by atoms with Gasteiger partial charge in [-0.05, 0) is 6.42 Å². The molecule has 1 rings (SSSR count). The number of unbranched alkanes of at least 4 members (excludes halogenated alkanes) is 14. The smallest absolute Gasteiger partial charge is 0.305 e. The largest absolute Gasteiger partial charge is 0.462 e. The SMILES string of the molecule is CCCCCCCCCCCCCCCCCC(=O)OCC([18F])CO[C@H]1OC(CS(=O)(=O)O)[C@@H](O)[C@H](O)C1O. The summed E-state index contributed by atoms with van der Waals surface area (Å²) in [7, 11) is -4.56. The number of ether oxygens (including phenoxy) is 3. The summed E-state index contributed by atoms with van der Waals surface area (Å²) in [5, 5.41) is 29.6. The molecule has 0 aromatic carbocycles. The summed E-state index contributed by atoms with van der Waals surface area (Å²) in [6.07, 6.45) is 8.04. The van der Waals surface area contributed by atoms with Crippen LogP contribution in [0.3, 0.4) is 0 Å². The summed E-state index contributed by atoms with van der Waals surface area (Å²) in [5.74, 6) is -1.57. The second-order valence-electron chi connectivity index (χ2n) is 10.6. The lowest BCUT2D eigenvalue weighted by Crippen LogP contribution is -2.60. The number of esters is 1. The quantitative estimate of drug-likeness (QED) is 0.0788. The molecule has 0 aliphatic carbocycles. The minimum absolute atomic E-state index is 0.192. The van der Waals surface area contributed by atoms with E-state index in [2.05, 4.69) is 6.92 Å². The zero-order chi connectivity index (χ0) is 29.1. The lowest BCUT2D eigenvalue weighted by Gasteiger charge is -2.39. The second-order valence-corrected chi connectivity index (χ2v) is 12.1. The third-order valence-electron chi connectivity index (χ3n) is 6.89. The van der Waals surface area contributed by atoms with E-state index in [0.717, 1.165) is 19.3 Å². The lowest BCUT2D eigenvalue weighted by molar-refractivity contribution is -0.295. The van der Waals surface area contributed by atoms with Crippen molar-refractivity contribution in [1.29, 1.82) is 0 Å². The van der Waals surface area contributed by atoms with Crippen LogP contribution in [0.5, 0.6) is 0 Å². The van der Waals surface area contributed by atoms with Gasteiger partial charge in [0.15, 0.2) is 12.5 Å². The number of halogens is 1. The highest BCUT2D eigenvalue weighted by Crippen LogP contribution is 2.23. The first-order valence-electron chi connectivity index (χ1n) is 14.6. The highest BCUT2D eigenvalue weighted by Gasteiger charge is 2.45. The molecule has 12 heteroatoms. The van der Waals surface area contributed by atoms with Gasteiger partial charge in [0.25, 0.3) is 10.1 Å². The van der Waals surface area contributed by atoms with Gasteiger partial charge in [0.1, 0.15) is 36.8 Å². The fourth-order valence-corrected chi connectivity index (χ4v) is 5.23. The van der Waals surface area contributed by atoms with Gasteiger partial charge in [0, 0.05) is 6.42 Å². The van der Waals surface area contributed by atoms with Crippen molar-refractivity contribution in [2.24, 2.45) is 0 Å². The number of rotatable bonds is 23. The molecule has 10 nitrogen and oxygen atoms in total. The number of aliphatic hydroxyl groups excluding tert-OH is 3. The molecule has 39 heavy (non-hydrogen) atoms. The highest BCUT2D eigenvalue weighted by atomic mass is 32.2. The van der Waals surface area contributed by atoms with E-state index in [-0.39, 0.29) is 6.42 Å². The maximum atomic E-state index is 14.1. The van der Waals surface area contributed by atoms with E-state index in [9.17, 15) is 32.9 Å². The predicted molar refractivity (Wildman–Crippen MR) is 144 cm³/mol. The molecule has 1 saturated heterocycles. The summed E-state index contributed by atoms with van der Waals surface area (Å²) >= 11 is 0. The first-order chi connectivity index (χ1) is 18.5. The summed E-state index contributed by atoms with van der Waals surface area (Å²) in [4.78, 5) is 11.9. The van der Waals surface area contributed by atoms with Gasteiger partial charge in [0.2, 0.25) is 0 Å². The number of aliphatic hydroxyl groups is 3. The molecule has 4 N–H and O–H groups in total. The van der Waals surface area contributed by atoms with Gasteiger partial charge < -0.3 is 29.5 Å². The van der Waals surface area contributed by atoms with E-state index in [1.807, 2.05) is 0 Å². The van der Waals surface area contributed by atoms with Crippen molar-refractivity contribution in [3.8, 4) is 0 Å². The molecule has 1 heterocycles. The second kappa shape index (κ2) is 20.9. The summed E-state index contributed by atoms with van der Waals surface area (Å²) in [6, 6.07) is 0. The Kier molecular flexibility index (Phi) is 19.4. The predicted octanol–water partition coefficient (Wildman–Crippen LogP) is 3.84. The summed E-state index contributed by atoms with van der Waals surface area (Å²) in [6.45, 7) is 0.996. The van der Waals surface area contributed by atoms with Gasteiger partial charge in [-0.3, -0.25) is 9.35 Å². The Balaban J connectivity index is 2.05. The third-order valence-corrected chi connectivity index (χ3v) is 7.64. The van der Waals surface area contributed by atoms with E-state index in [1.165, 1.54) is 70.6 Å². The van der Waals surface area contributed by atoms with Gasteiger partial charge in [0.05, 0.1) is 6.61 Å². The van der Waals surface area contributed by atoms with Crippen LogP contribution in [0.2, 0.25) is 0 Å². The Morgan fingerprint density at radius 1 is 0.795 bits per heavy atom. The number of hydrogen-bond donors (Lipinski definition) is 4. The molecule has 6 atom stereocenters. The maximum Gasteiger partial charge on any atom is 0.305 e. The van der Waals surface area contributed by atoms with E-state index in [4.69, 9.17) is 18.8 Å². The Bertz CT molecular complexity index is 738. The molecule has 1 aliphatic rings. The fourth-order valence-electron chi connectivity index (χ4n) is 4.54. The minimum atomic E-state index is -4.56. The van der Waals surface area contributed by atoms with Crippen molar-refractivity contribution in [1.82, 2.24) is 0 Å². The summed E-state index contributed by atoms with van der Waals surface area (Å²) in [5.41, 5.74) is 0. The average molecular weight is 586 g/mol. The van der Waals surface area contributed by atoms with Gasteiger partial charge in [-0.15, -0.1) is 0 Å². The van der Waals surface area contributed by atoms with Crippen LogP contribution in [0.15, 0.2) is 0 Å². The Morgan fingerprint density at radius 3 is 1.77 bits per heavy atom. The van der Waals surface area contributed by atoms with Crippen LogP contribution >= 0.6 is 0 Å². The molecular weight excluding hydrogens is 534 g/mol. The maximum absolute atomic E-state index is 14.1. The van der Waals surface area contributed by atoms with Gasteiger partial charge >= 0.3 is 5.97 Å². The lowest BCUT2D eigenvalue weighted by atomic mass is 10.00. The molecule has 3 unspecified atom stereocenters. The van der Waals surface area contributed by atoms with Gasteiger partial charge in [-0.1, -0.05) is 96.8 Å². The number of carbonyl (C=O) groups is 1. The van der Waals surface area contributed by atoms with E-state index in [1.54, 1.807) is 0 Å². The number of carbonyl (C=O) groups excluding carboxylic acids is 1. The van der Waals surface area contributed by atoms with Crippen LogP contribution in [0.1, 0.15) is 110 Å². The monoisotopic (exact) mass is 585 g/mol. The van der Waals surface area contributed by atoms with E-state index in [0.29, 0.717) is 6.42 Å². The number of hydrogen-bond acceptors (Lipinski definition) is 9. The minimum Gasteiger partial charge on any atom is -0.462 e. The zero-order valence-corrected chi connectivity index (χ0v) is 24.2. The Labute approximate surface area is 233 Å². The highest BCUT2D eigenvalue weighted by molar-refractivity contribution is 7.85. The molecule has 0 bridgehead atoms. The first-order valence-corrected chi connectivity index (χ1v) is 16.2. The molecular formula is C27H51FO10S. The number of alkyl halides is 1. The van der Waals surface area contributed by atoms with E-state index >= 15 is 0 Å². The van der Waals surface area contributed by atoms with Crippen LogP contribution in [0, 0.1) is 0 Å². The fraction of sp³-hybridized carbons (Fsp3) is 0.963. The Hall–Kier alpha value is -0.890. The van der Waals surface area contributed by atoms with Gasteiger partial charge in [-0.25, -0.2) is 4.39 Å². The third kappa shape index (κ3) is 17.5. The molecule has 0 spiro atoms. The molecule has 0 amide bonds. The van der Waals surface area contributed by atoms with Crippen LogP contribution in [0.25, 0.3) is 0 Å². The first kappa shape index (κ1) is 36.1. The molecule has 232 valence electrons. The molecule has 0 aromatic rings. The summed E-state index contributed by atoms with van der Waals surface area (Å²) < 4.78 is 60.2. The van der Waals surface area contributed by atoms with Crippen LogP contribution in [-0.4, -0.2) is 90.1 Å². The van der Waals surface area contributed by atoms with Crippen molar-refractivity contribution in [2.45, 2.75) is 147 Å². The molecule has 0 aromatic heterocycles. The van der Waals surface area contributed by atoms with Crippen molar-refractivity contribution < 1.29 is 51.7 Å². The molecule has 0 saturated carbocycles. The van der Waals surface area contributed by atoms with Crippen molar-refractivity contribution >= 4 is 16.1 Å². The topological polar surface area (TPSA) is 160 Å². The normalized spacial score (nSPS) is 24.5. The zero-order valence-electron chi connectivity index (χ0n) is 23.4. The standard InChI is InChI=1S/C27H51FO10S/c1-2-3-4-5-6-7-8-9-10-11-12-13-14-15-16-17-23(29)36-18-21(28)19-37-27-26(32)25(31)24(30)22(38-27)20-39(33,34)35/h21-22,24-27,30-32H,2-20H2,1H3,(H,33,34,35)/t21?,22?,24-,25+,26?,27+/m1/s1/i28-1. The van der Waals surface area contributed by atoms with Crippen molar-refractivity contribution in [3.63, 3.8) is 0 Å². The van der Waals surface area contributed by atoms with E-state index < -0.39 is 71.9 Å². The molecule has 1 aliphatic heterocycles. The van der Waals surface area contributed by atoms with Crippen LogP contribution in [-0.2, 0) is 29.1 Å². The van der Waals surface area contributed by atoms with Crippen LogP contribution in [0.4, 0.5) is 4.39 Å². The Morgan fingerprint density at radius 2 is 1.28 bits per heavy atom. The average Bonchev–Trinajstić information content (AvgIpc) is 2.88. The van der Waals surface area contributed by atoms with Crippen LogP contribution < -0.4 is 0 Å². The molecule has 0 radical (unpaired) electrons. The van der Waals surface area contributed by atoms with Gasteiger partial charge in [-0.2, -0.15) is 8.42 Å². The van der Waals surface area contributed by atoms with Crippen molar-refractivity contribution in [3.05, 3.63) is 0 Å². The van der Waals surface area contributed by atoms with Crippen molar-refractivity contribution in [2.75, 3.05) is 19.0 Å².